The van der Waals surface area contributed by atoms with Gasteiger partial charge in [0.05, 0.1) is 16.9 Å². The molecule has 0 aliphatic carbocycles. The molecule has 0 radical (unpaired) electrons. The van der Waals surface area contributed by atoms with E-state index in [0.717, 1.165) is 41.3 Å². The van der Waals surface area contributed by atoms with Crippen molar-refractivity contribution in [3.05, 3.63) is 76.7 Å². The van der Waals surface area contributed by atoms with E-state index in [-0.39, 0.29) is 11.4 Å². The number of benzene rings is 2. The second kappa shape index (κ2) is 6.05. The highest BCUT2D eigenvalue weighted by molar-refractivity contribution is 5.87. The topological polar surface area (TPSA) is 67.1 Å². The second-order valence-electron chi connectivity index (χ2n) is 6.02. The number of carbonyl (C=O) groups is 1. The first kappa shape index (κ1) is 15.4. The minimum absolute atomic E-state index is 0.243. The largest absolute Gasteiger partial charge is 0.478 e. The van der Waals surface area contributed by atoms with Crippen LogP contribution in [0.25, 0.3) is 5.69 Å². The van der Waals surface area contributed by atoms with Crippen molar-refractivity contribution in [3.8, 4) is 5.69 Å². The van der Waals surface area contributed by atoms with Crippen molar-refractivity contribution in [1.82, 2.24) is 9.78 Å². The molecule has 1 aromatic heterocycles. The van der Waals surface area contributed by atoms with Gasteiger partial charge in [-0.2, -0.15) is 5.10 Å². The molecule has 1 aliphatic heterocycles. The van der Waals surface area contributed by atoms with Crippen LogP contribution < -0.4 is 5.32 Å². The summed E-state index contributed by atoms with van der Waals surface area (Å²) >= 11 is 0. The van der Waals surface area contributed by atoms with Crippen LogP contribution in [0.1, 0.15) is 27.2 Å². The Balaban J connectivity index is 1.70. The number of hydrogen-bond donors (Lipinski definition) is 2. The van der Waals surface area contributed by atoms with Crippen LogP contribution in [-0.4, -0.2) is 27.4 Å². The minimum atomic E-state index is -0.952. The molecule has 126 valence electrons. The van der Waals surface area contributed by atoms with Crippen molar-refractivity contribution in [2.24, 2.45) is 0 Å². The van der Waals surface area contributed by atoms with Gasteiger partial charge in [-0.15, -0.1) is 0 Å². The maximum Gasteiger partial charge on any atom is 0.335 e. The lowest BCUT2D eigenvalue weighted by Gasteiger charge is -2.06. The molecule has 0 spiro atoms. The molecule has 4 rings (SSSR count). The highest BCUT2D eigenvalue weighted by atomic mass is 19.1. The van der Waals surface area contributed by atoms with Gasteiger partial charge in [0.15, 0.2) is 0 Å². The Morgan fingerprint density at radius 2 is 1.88 bits per heavy atom. The summed E-state index contributed by atoms with van der Waals surface area (Å²) in [5.74, 6) is -0.257. The SMILES string of the molecule is O=C(O)c1ccc(-n2nc(Cc3ccc(F)cc3)c3c2NCC3)cc1. The van der Waals surface area contributed by atoms with Crippen LogP contribution in [-0.2, 0) is 12.8 Å². The predicted octanol–water partition coefficient (Wildman–Crippen LogP) is 3.27. The minimum Gasteiger partial charge on any atom is -0.478 e. The zero-order valence-corrected chi connectivity index (χ0v) is 13.4. The lowest BCUT2D eigenvalue weighted by atomic mass is 10.1. The number of rotatable bonds is 4. The van der Waals surface area contributed by atoms with Gasteiger partial charge < -0.3 is 10.4 Å². The molecule has 0 bridgehead atoms. The van der Waals surface area contributed by atoms with Gasteiger partial charge in [-0.1, -0.05) is 12.1 Å². The van der Waals surface area contributed by atoms with Crippen molar-refractivity contribution >= 4 is 11.8 Å². The summed E-state index contributed by atoms with van der Waals surface area (Å²) in [6.07, 6.45) is 1.52. The fraction of sp³-hybridized carbons (Fsp3) is 0.158. The Morgan fingerprint density at radius 3 is 2.56 bits per heavy atom. The van der Waals surface area contributed by atoms with Gasteiger partial charge in [-0.3, -0.25) is 0 Å². The molecule has 2 aromatic carbocycles. The molecule has 0 amide bonds. The fourth-order valence-electron chi connectivity index (χ4n) is 3.12. The van der Waals surface area contributed by atoms with E-state index < -0.39 is 5.97 Å². The van der Waals surface area contributed by atoms with Gasteiger partial charge in [0, 0.05) is 18.5 Å². The molecule has 5 nitrogen and oxygen atoms in total. The number of nitrogens with zero attached hydrogens (tertiary/aromatic N) is 2. The van der Waals surface area contributed by atoms with Crippen molar-refractivity contribution in [3.63, 3.8) is 0 Å². The number of halogens is 1. The number of nitrogens with one attached hydrogen (secondary N) is 1. The number of carboxylic acid groups (broad SMARTS) is 1. The Hall–Kier alpha value is -3.15. The van der Waals surface area contributed by atoms with E-state index in [1.54, 1.807) is 36.4 Å². The Bertz CT molecular complexity index is 931. The summed E-state index contributed by atoms with van der Waals surface area (Å²) in [4.78, 5) is 11.0. The van der Waals surface area contributed by atoms with Crippen molar-refractivity contribution < 1.29 is 14.3 Å². The molecule has 0 unspecified atom stereocenters. The molecule has 2 heterocycles. The predicted molar refractivity (Wildman–Crippen MR) is 91.9 cm³/mol. The average Bonchev–Trinajstić information content (AvgIpc) is 3.21. The van der Waals surface area contributed by atoms with E-state index >= 15 is 0 Å². The first-order valence-electron chi connectivity index (χ1n) is 8.04. The lowest BCUT2D eigenvalue weighted by Crippen LogP contribution is -2.06. The molecule has 1 aliphatic rings. The first-order chi connectivity index (χ1) is 12.1. The van der Waals surface area contributed by atoms with Crippen LogP contribution in [0, 0.1) is 5.82 Å². The maximum atomic E-state index is 13.1. The second-order valence-corrected chi connectivity index (χ2v) is 6.02. The summed E-state index contributed by atoms with van der Waals surface area (Å²) in [6.45, 7) is 0.844. The summed E-state index contributed by atoms with van der Waals surface area (Å²) < 4.78 is 14.9. The Labute approximate surface area is 143 Å². The third-order valence-electron chi connectivity index (χ3n) is 4.38. The summed E-state index contributed by atoms with van der Waals surface area (Å²) in [7, 11) is 0. The van der Waals surface area contributed by atoms with Crippen LogP contribution >= 0.6 is 0 Å². The summed E-state index contributed by atoms with van der Waals surface area (Å²) in [5, 5.41) is 17.1. The molecule has 0 saturated carbocycles. The third kappa shape index (κ3) is 2.87. The molecule has 2 N–H and O–H groups in total. The van der Waals surface area contributed by atoms with Gasteiger partial charge in [-0.25, -0.2) is 13.9 Å². The lowest BCUT2D eigenvalue weighted by molar-refractivity contribution is 0.0697. The van der Waals surface area contributed by atoms with Gasteiger partial charge in [-0.05, 0) is 48.4 Å². The Morgan fingerprint density at radius 1 is 1.16 bits per heavy atom. The third-order valence-corrected chi connectivity index (χ3v) is 4.38. The van der Waals surface area contributed by atoms with Gasteiger partial charge >= 0.3 is 5.97 Å². The number of fused-ring (bicyclic) bond motifs is 1. The number of anilines is 1. The normalized spacial score (nSPS) is 12.7. The van der Waals surface area contributed by atoms with E-state index in [0.29, 0.717) is 6.42 Å². The zero-order chi connectivity index (χ0) is 17.4. The van der Waals surface area contributed by atoms with Crippen molar-refractivity contribution in [2.75, 3.05) is 11.9 Å². The summed E-state index contributed by atoms with van der Waals surface area (Å²) in [5.41, 5.74) is 4.16. The van der Waals surface area contributed by atoms with Crippen LogP contribution in [0.15, 0.2) is 48.5 Å². The van der Waals surface area contributed by atoms with Crippen molar-refractivity contribution in [2.45, 2.75) is 12.8 Å². The Kier molecular flexibility index (Phi) is 3.72. The number of aromatic carboxylic acids is 1. The van der Waals surface area contributed by atoms with Gasteiger partial charge in [0.25, 0.3) is 0 Å². The zero-order valence-electron chi connectivity index (χ0n) is 13.4. The van der Waals surface area contributed by atoms with Crippen LogP contribution in [0.2, 0.25) is 0 Å². The van der Waals surface area contributed by atoms with Crippen molar-refractivity contribution in [1.29, 1.82) is 0 Å². The van der Waals surface area contributed by atoms with E-state index in [9.17, 15) is 9.18 Å². The van der Waals surface area contributed by atoms with E-state index in [4.69, 9.17) is 10.2 Å². The standard InChI is InChI=1S/C19H16FN3O2/c20-14-5-1-12(2-6-14)11-17-16-9-10-21-18(16)23(22-17)15-7-3-13(4-8-15)19(24)25/h1-8,21H,9-11H2,(H,24,25). The fourth-order valence-corrected chi connectivity index (χ4v) is 3.12. The number of hydrogen-bond acceptors (Lipinski definition) is 3. The molecular formula is C19H16FN3O2. The molecule has 25 heavy (non-hydrogen) atoms. The first-order valence-corrected chi connectivity index (χ1v) is 8.04. The monoisotopic (exact) mass is 337 g/mol. The van der Waals surface area contributed by atoms with E-state index in [1.807, 2.05) is 4.68 Å². The highest BCUT2D eigenvalue weighted by Crippen LogP contribution is 2.30. The van der Waals surface area contributed by atoms with Gasteiger partial charge in [0.2, 0.25) is 0 Å². The molecule has 6 heteroatoms. The van der Waals surface area contributed by atoms with Crippen LogP contribution in [0.3, 0.4) is 0 Å². The molecular weight excluding hydrogens is 321 g/mol. The van der Waals surface area contributed by atoms with Crippen LogP contribution in [0.4, 0.5) is 10.2 Å². The number of carboxylic acids is 1. The van der Waals surface area contributed by atoms with E-state index in [1.165, 1.54) is 12.1 Å². The maximum absolute atomic E-state index is 13.1. The van der Waals surface area contributed by atoms with E-state index in [2.05, 4.69) is 5.32 Å². The molecule has 0 fully saturated rings. The average molecular weight is 337 g/mol. The van der Waals surface area contributed by atoms with Crippen LogP contribution in [0.5, 0.6) is 0 Å². The van der Waals surface area contributed by atoms with Gasteiger partial charge in [0.1, 0.15) is 11.6 Å². The molecule has 0 atom stereocenters. The molecule has 3 aromatic rings. The summed E-state index contributed by atoms with van der Waals surface area (Å²) in [6, 6.07) is 13.1. The molecule has 0 saturated heterocycles. The number of aromatic nitrogens is 2. The smallest absolute Gasteiger partial charge is 0.335 e. The quantitative estimate of drug-likeness (QED) is 0.767. The highest BCUT2D eigenvalue weighted by Gasteiger charge is 2.23.